The maximum absolute atomic E-state index is 11.0. The minimum Gasteiger partial charge on any atom is -0.342 e. The second-order valence-corrected chi connectivity index (χ2v) is 4.97. The summed E-state index contributed by atoms with van der Waals surface area (Å²) in [6.45, 7) is 0.739. The van der Waals surface area contributed by atoms with E-state index in [2.05, 4.69) is 9.97 Å². The summed E-state index contributed by atoms with van der Waals surface area (Å²) in [4.78, 5) is 18.1. The van der Waals surface area contributed by atoms with Crippen molar-refractivity contribution in [2.45, 2.75) is 32.1 Å². The van der Waals surface area contributed by atoms with E-state index in [9.17, 15) is 10.1 Å². The van der Waals surface area contributed by atoms with Gasteiger partial charge in [0.05, 0.1) is 22.4 Å². The SMILES string of the molecule is NCCCCCCc1ncc(-c2ccccc2[N+](=O)[O-])[nH]1. The van der Waals surface area contributed by atoms with Gasteiger partial charge in [0.25, 0.3) is 5.69 Å². The van der Waals surface area contributed by atoms with Gasteiger partial charge in [-0.15, -0.1) is 0 Å². The third-order valence-corrected chi connectivity index (χ3v) is 3.39. The molecular formula is C15H20N4O2. The van der Waals surface area contributed by atoms with E-state index in [1.807, 2.05) is 0 Å². The molecular weight excluding hydrogens is 268 g/mol. The topological polar surface area (TPSA) is 97.8 Å². The Morgan fingerprint density at radius 3 is 2.71 bits per heavy atom. The van der Waals surface area contributed by atoms with Crippen LogP contribution >= 0.6 is 0 Å². The van der Waals surface area contributed by atoms with Crippen molar-refractivity contribution >= 4 is 5.69 Å². The van der Waals surface area contributed by atoms with E-state index in [1.165, 1.54) is 6.07 Å². The normalized spacial score (nSPS) is 10.7. The van der Waals surface area contributed by atoms with E-state index in [-0.39, 0.29) is 10.6 Å². The van der Waals surface area contributed by atoms with Crippen LogP contribution in [0.15, 0.2) is 30.5 Å². The molecule has 2 rings (SSSR count). The minimum absolute atomic E-state index is 0.0932. The molecule has 1 heterocycles. The predicted molar refractivity (Wildman–Crippen MR) is 81.9 cm³/mol. The molecule has 3 N–H and O–H groups in total. The van der Waals surface area contributed by atoms with Gasteiger partial charge in [0, 0.05) is 12.5 Å². The first-order valence-electron chi connectivity index (χ1n) is 7.20. The second kappa shape index (κ2) is 7.54. The lowest BCUT2D eigenvalue weighted by molar-refractivity contribution is -0.384. The maximum atomic E-state index is 11.0. The summed E-state index contributed by atoms with van der Waals surface area (Å²) in [5, 5.41) is 11.0. The van der Waals surface area contributed by atoms with Crippen LogP contribution in [0.25, 0.3) is 11.3 Å². The molecule has 6 heteroatoms. The lowest BCUT2D eigenvalue weighted by Crippen LogP contribution is -1.98. The standard InChI is InChI=1S/C15H20N4O2/c16-10-6-2-1-3-9-15-17-11-13(18-15)12-7-4-5-8-14(12)19(20)21/h4-5,7-8,11H,1-3,6,9-10,16H2,(H,17,18). The van der Waals surface area contributed by atoms with Gasteiger partial charge in [-0.3, -0.25) is 10.1 Å². The quantitative estimate of drug-likeness (QED) is 0.443. The number of H-pyrrole nitrogens is 1. The van der Waals surface area contributed by atoms with E-state index in [1.54, 1.807) is 24.4 Å². The van der Waals surface area contributed by atoms with Crippen molar-refractivity contribution in [3.63, 3.8) is 0 Å². The number of rotatable bonds is 8. The van der Waals surface area contributed by atoms with Crippen LogP contribution in [0, 0.1) is 10.1 Å². The average molecular weight is 288 g/mol. The van der Waals surface area contributed by atoms with Gasteiger partial charge in [-0.05, 0) is 25.5 Å². The summed E-state index contributed by atoms with van der Waals surface area (Å²) in [7, 11) is 0. The molecule has 0 radical (unpaired) electrons. The predicted octanol–water partition coefficient (Wildman–Crippen LogP) is 3.05. The Balaban J connectivity index is 2.01. The van der Waals surface area contributed by atoms with Crippen LogP contribution in [-0.4, -0.2) is 21.4 Å². The van der Waals surface area contributed by atoms with Crippen molar-refractivity contribution < 1.29 is 4.92 Å². The number of para-hydroxylation sites is 1. The van der Waals surface area contributed by atoms with E-state index < -0.39 is 0 Å². The Bertz CT molecular complexity index is 595. The molecule has 0 spiro atoms. The molecule has 1 aromatic heterocycles. The molecule has 0 atom stereocenters. The van der Waals surface area contributed by atoms with E-state index in [4.69, 9.17) is 5.73 Å². The van der Waals surface area contributed by atoms with Crippen LogP contribution in [0.4, 0.5) is 5.69 Å². The highest BCUT2D eigenvalue weighted by molar-refractivity contribution is 5.70. The number of nitrogens with zero attached hydrogens (tertiary/aromatic N) is 2. The number of benzene rings is 1. The van der Waals surface area contributed by atoms with Gasteiger partial charge in [-0.2, -0.15) is 0 Å². The van der Waals surface area contributed by atoms with Gasteiger partial charge in [0.2, 0.25) is 0 Å². The minimum atomic E-state index is -0.372. The summed E-state index contributed by atoms with van der Waals surface area (Å²) in [6, 6.07) is 6.69. The third-order valence-electron chi connectivity index (χ3n) is 3.39. The largest absolute Gasteiger partial charge is 0.342 e. The van der Waals surface area contributed by atoms with Crippen LogP contribution < -0.4 is 5.73 Å². The van der Waals surface area contributed by atoms with E-state index in [0.29, 0.717) is 11.3 Å². The smallest absolute Gasteiger partial charge is 0.278 e. The van der Waals surface area contributed by atoms with Crippen molar-refractivity contribution in [1.29, 1.82) is 0 Å². The van der Waals surface area contributed by atoms with E-state index >= 15 is 0 Å². The van der Waals surface area contributed by atoms with Gasteiger partial charge in [0.1, 0.15) is 5.82 Å². The number of nitro benzene ring substituents is 1. The maximum Gasteiger partial charge on any atom is 0.278 e. The lowest BCUT2D eigenvalue weighted by atomic mass is 10.1. The third kappa shape index (κ3) is 4.13. The molecule has 6 nitrogen and oxygen atoms in total. The molecule has 21 heavy (non-hydrogen) atoms. The first-order valence-corrected chi connectivity index (χ1v) is 7.20. The van der Waals surface area contributed by atoms with Crippen molar-refractivity contribution in [3.8, 4) is 11.3 Å². The van der Waals surface area contributed by atoms with Gasteiger partial charge >= 0.3 is 0 Å². The first-order chi connectivity index (χ1) is 10.2. The van der Waals surface area contributed by atoms with Crippen molar-refractivity contribution in [1.82, 2.24) is 9.97 Å². The van der Waals surface area contributed by atoms with Gasteiger partial charge in [-0.1, -0.05) is 25.0 Å². The summed E-state index contributed by atoms with van der Waals surface area (Å²) in [5.41, 5.74) is 6.82. The molecule has 0 fully saturated rings. The number of hydrogen-bond donors (Lipinski definition) is 2. The summed E-state index contributed by atoms with van der Waals surface area (Å²) < 4.78 is 0. The molecule has 0 aliphatic carbocycles. The highest BCUT2D eigenvalue weighted by Gasteiger charge is 2.15. The van der Waals surface area contributed by atoms with Crippen molar-refractivity contribution in [3.05, 3.63) is 46.4 Å². The number of aromatic nitrogens is 2. The lowest BCUT2D eigenvalue weighted by Gasteiger charge is -2.00. The number of nitrogens with one attached hydrogen (secondary N) is 1. The Hall–Kier alpha value is -2.21. The van der Waals surface area contributed by atoms with Crippen LogP contribution in [-0.2, 0) is 6.42 Å². The van der Waals surface area contributed by atoms with Crippen molar-refractivity contribution in [2.24, 2.45) is 5.73 Å². The average Bonchev–Trinajstić information content (AvgIpc) is 2.96. The highest BCUT2D eigenvalue weighted by atomic mass is 16.6. The summed E-state index contributed by atoms with van der Waals surface area (Å²) >= 11 is 0. The fourth-order valence-electron chi connectivity index (χ4n) is 2.28. The number of imidazole rings is 1. The Morgan fingerprint density at radius 2 is 1.95 bits per heavy atom. The molecule has 0 saturated carbocycles. The molecule has 2 aromatic rings. The van der Waals surface area contributed by atoms with Gasteiger partial charge in [0.15, 0.2) is 0 Å². The molecule has 0 unspecified atom stereocenters. The number of hydrogen-bond acceptors (Lipinski definition) is 4. The Morgan fingerprint density at radius 1 is 1.19 bits per heavy atom. The number of aryl methyl sites for hydroxylation is 1. The van der Waals surface area contributed by atoms with Gasteiger partial charge in [-0.25, -0.2) is 4.98 Å². The zero-order valence-corrected chi connectivity index (χ0v) is 11.9. The Kier molecular flexibility index (Phi) is 5.45. The summed E-state index contributed by atoms with van der Waals surface area (Å²) in [6.07, 6.45) is 6.87. The van der Waals surface area contributed by atoms with Crippen LogP contribution in [0.5, 0.6) is 0 Å². The molecule has 0 aliphatic rings. The van der Waals surface area contributed by atoms with Crippen molar-refractivity contribution in [2.75, 3.05) is 6.54 Å². The molecule has 0 amide bonds. The highest BCUT2D eigenvalue weighted by Crippen LogP contribution is 2.28. The number of unbranched alkanes of at least 4 members (excludes halogenated alkanes) is 3. The van der Waals surface area contributed by atoms with E-state index in [0.717, 1.165) is 44.5 Å². The zero-order chi connectivity index (χ0) is 15.1. The molecule has 0 saturated heterocycles. The fourth-order valence-corrected chi connectivity index (χ4v) is 2.28. The fraction of sp³-hybridized carbons (Fsp3) is 0.400. The second-order valence-electron chi connectivity index (χ2n) is 4.97. The number of nitro groups is 1. The zero-order valence-electron chi connectivity index (χ0n) is 11.9. The van der Waals surface area contributed by atoms with Crippen LogP contribution in [0.2, 0.25) is 0 Å². The summed E-state index contributed by atoms with van der Waals surface area (Å²) in [5.74, 6) is 0.871. The van der Waals surface area contributed by atoms with Crippen LogP contribution in [0.1, 0.15) is 31.5 Å². The molecule has 112 valence electrons. The molecule has 1 aromatic carbocycles. The van der Waals surface area contributed by atoms with Gasteiger partial charge < -0.3 is 10.7 Å². The first kappa shape index (κ1) is 15.2. The molecule has 0 bridgehead atoms. The van der Waals surface area contributed by atoms with Crippen LogP contribution in [0.3, 0.4) is 0 Å². The monoisotopic (exact) mass is 288 g/mol. The number of aromatic amines is 1. The Labute approximate surface area is 123 Å². The molecule has 0 aliphatic heterocycles. The number of nitrogens with two attached hydrogens (primary N) is 1.